The molecule has 4 nitrogen and oxygen atoms in total. The number of hydrogen-bond acceptors (Lipinski definition) is 3. The zero-order valence-corrected chi connectivity index (χ0v) is 12.2. The van der Waals surface area contributed by atoms with Crippen molar-refractivity contribution in [2.75, 3.05) is 13.7 Å². The highest BCUT2D eigenvalue weighted by Gasteiger charge is 2.21. The quantitative estimate of drug-likeness (QED) is 0.796. The smallest absolute Gasteiger partial charge is 0.195 e. The van der Waals surface area contributed by atoms with Crippen LogP contribution in [0.15, 0.2) is 0 Å². The fraction of sp³-hybridized carbons (Fsp3) is 0.833. The molecule has 0 bridgehead atoms. The second-order valence-electron chi connectivity index (χ2n) is 5.53. The molecule has 1 aromatic rings. The van der Waals surface area contributed by atoms with Crippen LogP contribution < -0.4 is 0 Å². The molecule has 17 heavy (non-hydrogen) atoms. The van der Waals surface area contributed by atoms with Gasteiger partial charge in [0, 0.05) is 26.2 Å². The summed E-state index contributed by atoms with van der Waals surface area (Å²) in [4.78, 5) is 0. The zero-order chi connectivity index (χ0) is 13.1. The molecule has 0 unspecified atom stereocenters. The largest absolute Gasteiger partial charge is 0.385 e. The van der Waals surface area contributed by atoms with Crippen LogP contribution in [0.2, 0.25) is 0 Å². The van der Waals surface area contributed by atoms with Gasteiger partial charge in [0.1, 0.15) is 5.82 Å². The Balaban J connectivity index is 2.86. The standard InChI is InChI=1S/C12H23N3OS/c1-9(2)10-13-14-11(17)15(10)8-12(3,4)6-7-16-5/h9H,6-8H2,1-5H3,(H,14,17). The molecule has 0 aliphatic rings. The van der Waals surface area contributed by atoms with E-state index in [0.29, 0.717) is 10.7 Å². The minimum atomic E-state index is 0.155. The van der Waals surface area contributed by atoms with E-state index < -0.39 is 0 Å². The molecule has 0 radical (unpaired) electrons. The van der Waals surface area contributed by atoms with Crippen LogP contribution >= 0.6 is 12.2 Å². The lowest BCUT2D eigenvalue weighted by molar-refractivity contribution is 0.141. The summed E-state index contributed by atoms with van der Waals surface area (Å²) < 4.78 is 7.96. The van der Waals surface area contributed by atoms with Crippen LogP contribution in [0.25, 0.3) is 0 Å². The molecule has 1 rings (SSSR count). The van der Waals surface area contributed by atoms with Crippen molar-refractivity contribution in [2.24, 2.45) is 5.41 Å². The number of aromatic amines is 1. The summed E-state index contributed by atoms with van der Waals surface area (Å²) in [5.74, 6) is 1.40. The number of H-pyrrole nitrogens is 1. The van der Waals surface area contributed by atoms with E-state index in [1.165, 1.54) is 0 Å². The lowest BCUT2D eigenvalue weighted by Gasteiger charge is -2.25. The first-order valence-corrected chi connectivity index (χ1v) is 6.42. The Morgan fingerprint density at radius 3 is 2.65 bits per heavy atom. The molecule has 98 valence electrons. The van der Waals surface area contributed by atoms with Gasteiger partial charge in [-0.1, -0.05) is 27.7 Å². The zero-order valence-electron chi connectivity index (χ0n) is 11.4. The van der Waals surface area contributed by atoms with Gasteiger partial charge in [0.05, 0.1) is 0 Å². The third-order valence-corrected chi connectivity index (χ3v) is 3.18. The predicted molar refractivity (Wildman–Crippen MR) is 71.8 cm³/mol. The second kappa shape index (κ2) is 5.78. The highest BCUT2D eigenvalue weighted by atomic mass is 32.1. The molecular weight excluding hydrogens is 234 g/mol. The molecule has 5 heteroatoms. The number of nitrogens with one attached hydrogen (secondary N) is 1. The molecular formula is C12H23N3OS. The van der Waals surface area contributed by atoms with Crippen molar-refractivity contribution < 1.29 is 4.74 Å². The summed E-state index contributed by atoms with van der Waals surface area (Å²) in [5.41, 5.74) is 0.155. The maximum Gasteiger partial charge on any atom is 0.195 e. The van der Waals surface area contributed by atoms with Gasteiger partial charge in [0.25, 0.3) is 0 Å². The number of methoxy groups -OCH3 is 1. The van der Waals surface area contributed by atoms with Crippen molar-refractivity contribution in [3.63, 3.8) is 0 Å². The highest BCUT2D eigenvalue weighted by Crippen LogP contribution is 2.25. The van der Waals surface area contributed by atoms with E-state index >= 15 is 0 Å². The third kappa shape index (κ3) is 3.92. The minimum absolute atomic E-state index is 0.155. The summed E-state index contributed by atoms with van der Waals surface area (Å²) in [6.07, 6.45) is 1.01. The fourth-order valence-electron chi connectivity index (χ4n) is 1.81. The molecule has 0 aliphatic heterocycles. The van der Waals surface area contributed by atoms with Gasteiger partial charge in [0.15, 0.2) is 4.77 Å². The molecule has 0 saturated heterocycles. The van der Waals surface area contributed by atoms with Crippen LogP contribution in [0.3, 0.4) is 0 Å². The Kier molecular flexibility index (Phi) is 4.89. The molecule has 0 atom stereocenters. The van der Waals surface area contributed by atoms with Gasteiger partial charge >= 0.3 is 0 Å². The van der Waals surface area contributed by atoms with Crippen LogP contribution in [-0.4, -0.2) is 28.5 Å². The Labute approximate surface area is 108 Å². The molecule has 1 heterocycles. The van der Waals surface area contributed by atoms with Gasteiger partial charge in [-0.3, -0.25) is 5.10 Å². The number of rotatable bonds is 6. The Morgan fingerprint density at radius 2 is 2.12 bits per heavy atom. The van der Waals surface area contributed by atoms with Crippen LogP contribution in [0.1, 0.15) is 45.9 Å². The maximum atomic E-state index is 5.29. The van der Waals surface area contributed by atoms with Crippen molar-refractivity contribution >= 4 is 12.2 Å². The maximum absolute atomic E-state index is 5.29. The molecule has 0 aliphatic carbocycles. The number of aromatic nitrogens is 3. The fourth-order valence-corrected chi connectivity index (χ4v) is 2.01. The molecule has 0 amide bonds. The number of ether oxygens (including phenoxy) is 1. The van der Waals surface area contributed by atoms with Gasteiger partial charge in [0.2, 0.25) is 0 Å². The summed E-state index contributed by atoms with van der Waals surface area (Å²) in [7, 11) is 1.74. The van der Waals surface area contributed by atoms with E-state index in [2.05, 4.69) is 42.5 Å². The van der Waals surface area contributed by atoms with Crippen molar-refractivity contribution in [3.8, 4) is 0 Å². The van der Waals surface area contributed by atoms with Gasteiger partial charge < -0.3 is 9.30 Å². The van der Waals surface area contributed by atoms with E-state index in [1.807, 2.05) is 0 Å². The minimum Gasteiger partial charge on any atom is -0.385 e. The van der Waals surface area contributed by atoms with E-state index in [-0.39, 0.29) is 5.41 Å². The molecule has 1 N–H and O–H groups in total. The molecule has 0 saturated carbocycles. The first-order chi connectivity index (χ1) is 7.87. The SMILES string of the molecule is COCCC(C)(C)Cn1c(C(C)C)n[nH]c1=S. The Hall–Kier alpha value is -0.680. The van der Waals surface area contributed by atoms with E-state index in [0.717, 1.165) is 25.4 Å². The predicted octanol–water partition coefficient (Wildman–Crippen LogP) is 3.13. The average Bonchev–Trinajstić information content (AvgIpc) is 2.57. The van der Waals surface area contributed by atoms with Crippen molar-refractivity contribution in [2.45, 2.75) is 46.6 Å². The average molecular weight is 257 g/mol. The molecule has 1 aromatic heterocycles. The van der Waals surface area contributed by atoms with E-state index in [9.17, 15) is 0 Å². The first kappa shape index (κ1) is 14.4. The normalized spacial score (nSPS) is 12.4. The van der Waals surface area contributed by atoms with Crippen molar-refractivity contribution in [1.82, 2.24) is 14.8 Å². The Morgan fingerprint density at radius 1 is 1.47 bits per heavy atom. The third-order valence-electron chi connectivity index (χ3n) is 2.87. The van der Waals surface area contributed by atoms with E-state index in [4.69, 9.17) is 17.0 Å². The monoisotopic (exact) mass is 257 g/mol. The van der Waals surface area contributed by atoms with Gasteiger partial charge in [-0.2, -0.15) is 5.10 Å². The summed E-state index contributed by atoms with van der Waals surface area (Å²) >= 11 is 5.29. The van der Waals surface area contributed by atoms with Crippen LogP contribution in [0.4, 0.5) is 0 Å². The topological polar surface area (TPSA) is 42.8 Å². The first-order valence-electron chi connectivity index (χ1n) is 6.01. The van der Waals surface area contributed by atoms with Crippen molar-refractivity contribution in [3.05, 3.63) is 10.6 Å². The number of hydrogen-bond donors (Lipinski definition) is 1. The van der Waals surface area contributed by atoms with Crippen LogP contribution in [-0.2, 0) is 11.3 Å². The summed E-state index contributed by atoms with van der Waals surface area (Å²) in [6, 6.07) is 0. The molecule has 0 aromatic carbocycles. The summed E-state index contributed by atoms with van der Waals surface area (Å²) in [6.45, 7) is 10.4. The Bertz CT molecular complexity index is 406. The van der Waals surface area contributed by atoms with Crippen LogP contribution in [0, 0.1) is 10.2 Å². The second-order valence-corrected chi connectivity index (χ2v) is 5.92. The summed E-state index contributed by atoms with van der Waals surface area (Å²) in [5, 5.41) is 7.18. The van der Waals surface area contributed by atoms with Gasteiger partial charge in [-0.15, -0.1) is 0 Å². The highest BCUT2D eigenvalue weighted by molar-refractivity contribution is 7.71. The lowest BCUT2D eigenvalue weighted by Crippen LogP contribution is -2.23. The molecule has 0 fully saturated rings. The number of nitrogens with zero attached hydrogens (tertiary/aromatic N) is 2. The van der Waals surface area contributed by atoms with Gasteiger partial charge in [-0.05, 0) is 24.1 Å². The lowest BCUT2D eigenvalue weighted by atomic mass is 9.89. The van der Waals surface area contributed by atoms with E-state index in [1.54, 1.807) is 7.11 Å². The van der Waals surface area contributed by atoms with Crippen LogP contribution in [0.5, 0.6) is 0 Å². The van der Waals surface area contributed by atoms with Crippen molar-refractivity contribution in [1.29, 1.82) is 0 Å². The van der Waals surface area contributed by atoms with Gasteiger partial charge in [-0.25, -0.2) is 0 Å². The molecule has 0 spiro atoms.